The summed E-state index contributed by atoms with van der Waals surface area (Å²) in [5, 5.41) is 6.77. The van der Waals surface area contributed by atoms with Gasteiger partial charge in [-0.25, -0.2) is 9.59 Å². The molecule has 0 spiro atoms. The number of ether oxygens (including phenoxy) is 2. The van der Waals surface area contributed by atoms with Crippen LogP contribution < -0.4 is 10.6 Å². The normalized spacial score (nSPS) is 13.0. The van der Waals surface area contributed by atoms with Gasteiger partial charge in [0, 0.05) is 6.54 Å². The van der Waals surface area contributed by atoms with Gasteiger partial charge in [0.2, 0.25) is 5.91 Å². The third kappa shape index (κ3) is 4.98. The molecule has 0 bridgehead atoms. The third-order valence-corrected chi connectivity index (χ3v) is 5.46. The minimum absolute atomic E-state index is 0.139. The van der Waals surface area contributed by atoms with Crippen LogP contribution in [0, 0.1) is 6.92 Å². The molecule has 10 heteroatoms. The van der Waals surface area contributed by atoms with Crippen molar-refractivity contribution < 1.29 is 23.9 Å². The Hall–Kier alpha value is -2.07. The van der Waals surface area contributed by atoms with E-state index in [4.69, 9.17) is 9.47 Å². The Kier molecular flexibility index (Phi) is 7.46. The Morgan fingerprint density at radius 3 is 2.54 bits per heavy atom. The molecule has 0 saturated heterocycles. The second kappa shape index (κ2) is 9.58. The molecule has 0 aromatic carbocycles. The Bertz CT molecular complexity index is 730. The molecule has 2 N–H and O–H groups in total. The maximum atomic E-state index is 12.3. The Morgan fingerprint density at radius 2 is 1.92 bits per heavy atom. The zero-order valence-electron chi connectivity index (χ0n) is 14.8. The molecule has 26 heavy (non-hydrogen) atoms. The van der Waals surface area contributed by atoms with Gasteiger partial charge in [-0.15, -0.1) is 11.3 Å². The monoisotopic (exact) mass is 399 g/mol. The standard InChI is InChI=1S/C16H21N3O5S2/c1-4-23-14(21)11-9(3)12(15(22)24-5-2)26-13(11)19-10(20)8-25-16-17-6-7-18-16/h4-8H2,1-3H3,(H,17,18)(H,19,20). The second-order valence-electron chi connectivity index (χ2n) is 5.15. The predicted molar refractivity (Wildman–Crippen MR) is 102 cm³/mol. The number of anilines is 1. The van der Waals surface area contributed by atoms with Crippen LogP contribution in [0.4, 0.5) is 5.00 Å². The fourth-order valence-electron chi connectivity index (χ4n) is 2.21. The van der Waals surface area contributed by atoms with Crippen LogP contribution in [-0.2, 0) is 14.3 Å². The van der Waals surface area contributed by atoms with E-state index >= 15 is 0 Å². The van der Waals surface area contributed by atoms with E-state index in [-0.39, 0.29) is 40.3 Å². The number of nitrogens with zero attached hydrogens (tertiary/aromatic N) is 1. The van der Waals surface area contributed by atoms with Crippen LogP contribution in [0.2, 0.25) is 0 Å². The maximum Gasteiger partial charge on any atom is 0.348 e. The quantitative estimate of drug-likeness (QED) is 0.676. The highest BCUT2D eigenvalue weighted by Crippen LogP contribution is 2.34. The number of thiophene rings is 1. The SMILES string of the molecule is CCOC(=O)c1sc(NC(=O)CSC2=NCCN2)c(C(=O)OCC)c1C. The van der Waals surface area contributed by atoms with Crippen molar-refractivity contribution in [3.63, 3.8) is 0 Å². The molecule has 1 aliphatic heterocycles. The van der Waals surface area contributed by atoms with Gasteiger partial charge in [0.1, 0.15) is 9.88 Å². The summed E-state index contributed by atoms with van der Waals surface area (Å²) in [7, 11) is 0. The summed E-state index contributed by atoms with van der Waals surface area (Å²) in [6, 6.07) is 0. The van der Waals surface area contributed by atoms with Crippen molar-refractivity contribution >= 4 is 51.1 Å². The average molecular weight is 399 g/mol. The van der Waals surface area contributed by atoms with Crippen molar-refractivity contribution in [2.75, 3.05) is 37.4 Å². The molecule has 0 unspecified atom stereocenters. The van der Waals surface area contributed by atoms with Crippen molar-refractivity contribution in [3.05, 3.63) is 16.0 Å². The van der Waals surface area contributed by atoms with Gasteiger partial charge < -0.3 is 20.1 Å². The average Bonchev–Trinajstić information content (AvgIpc) is 3.21. The van der Waals surface area contributed by atoms with Gasteiger partial charge in [-0.2, -0.15) is 0 Å². The third-order valence-electron chi connectivity index (χ3n) is 3.32. The molecule has 1 aliphatic rings. The molecule has 0 fully saturated rings. The van der Waals surface area contributed by atoms with Gasteiger partial charge >= 0.3 is 11.9 Å². The lowest BCUT2D eigenvalue weighted by Gasteiger charge is -2.07. The topological polar surface area (TPSA) is 106 Å². The Balaban J connectivity index is 2.18. The number of rotatable bonds is 7. The lowest BCUT2D eigenvalue weighted by atomic mass is 10.1. The summed E-state index contributed by atoms with van der Waals surface area (Å²) in [5.74, 6) is -1.27. The molecule has 0 aliphatic carbocycles. The van der Waals surface area contributed by atoms with Crippen LogP contribution in [0.3, 0.4) is 0 Å². The fourth-order valence-corrected chi connectivity index (χ4v) is 4.04. The van der Waals surface area contributed by atoms with E-state index in [1.165, 1.54) is 11.8 Å². The number of nitrogens with one attached hydrogen (secondary N) is 2. The van der Waals surface area contributed by atoms with E-state index < -0.39 is 11.9 Å². The first-order valence-electron chi connectivity index (χ1n) is 8.16. The molecule has 142 valence electrons. The van der Waals surface area contributed by atoms with E-state index in [2.05, 4.69) is 15.6 Å². The van der Waals surface area contributed by atoms with Gasteiger partial charge in [0.05, 0.1) is 31.1 Å². The van der Waals surface area contributed by atoms with Crippen LogP contribution >= 0.6 is 23.1 Å². The van der Waals surface area contributed by atoms with Crippen LogP contribution in [0.5, 0.6) is 0 Å². The van der Waals surface area contributed by atoms with Crippen molar-refractivity contribution in [3.8, 4) is 0 Å². The number of hydrogen-bond donors (Lipinski definition) is 2. The summed E-state index contributed by atoms with van der Waals surface area (Å²) in [6.45, 7) is 6.91. The molecule has 0 atom stereocenters. The zero-order valence-corrected chi connectivity index (χ0v) is 16.5. The first-order valence-corrected chi connectivity index (χ1v) is 9.96. The molecule has 1 aromatic heterocycles. The summed E-state index contributed by atoms with van der Waals surface area (Å²) < 4.78 is 10.1. The van der Waals surface area contributed by atoms with Crippen molar-refractivity contribution in [1.29, 1.82) is 0 Å². The number of carbonyl (C=O) groups is 3. The molecular weight excluding hydrogens is 378 g/mol. The van der Waals surface area contributed by atoms with Crippen LogP contribution in [0.25, 0.3) is 0 Å². The fraction of sp³-hybridized carbons (Fsp3) is 0.500. The van der Waals surface area contributed by atoms with Crippen molar-refractivity contribution in [1.82, 2.24) is 5.32 Å². The number of carbonyl (C=O) groups excluding carboxylic acids is 3. The number of amides is 1. The molecule has 2 heterocycles. The molecule has 8 nitrogen and oxygen atoms in total. The van der Waals surface area contributed by atoms with Gasteiger partial charge in [-0.05, 0) is 26.3 Å². The number of hydrogen-bond acceptors (Lipinski definition) is 9. The Morgan fingerprint density at radius 1 is 1.23 bits per heavy atom. The first-order chi connectivity index (χ1) is 12.5. The van der Waals surface area contributed by atoms with E-state index in [0.29, 0.717) is 12.1 Å². The van der Waals surface area contributed by atoms with Crippen LogP contribution in [0.1, 0.15) is 39.4 Å². The van der Waals surface area contributed by atoms with Gasteiger partial charge in [0.25, 0.3) is 0 Å². The highest BCUT2D eigenvalue weighted by atomic mass is 32.2. The number of esters is 2. The minimum Gasteiger partial charge on any atom is -0.462 e. The highest BCUT2D eigenvalue weighted by molar-refractivity contribution is 8.14. The number of thioether (sulfide) groups is 1. The predicted octanol–water partition coefficient (Wildman–Crippen LogP) is 2.04. The molecule has 1 amide bonds. The van der Waals surface area contributed by atoms with E-state index in [0.717, 1.165) is 23.0 Å². The molecular formula is C16H21N3O5S2. The zero-order chi connectivity index (χ0) is 19.1. The second-order valence-corrected chi connectivity index (χ2v) is 7.14. The van der Waals surface area contributed by atoms with Crippen LogP contribution in [-0.4, -0.2) is 55.1 Å². The van der Waals surface area contributed by atoms with Gasteiger partial charge in [-0.3, -0.25) is 9.79 Å². The highest BCUT2D eigenvalue weighted by Gasteiger charge is 2.27. The lowest BCUT2D eigenvalue weighted by Crippen LogP contribution is -2.20. The molecule has 2 rings (SSSR count). The lowest BCUT2D eigenvalue weighted by molar-refractivity contribution is -0.113. The largest absolute Gasteiger partial charge is 0.462 e. The summed E-state index contributed by atoms with van der Waals surface area (Å²) in [6.07, 6.45) is 0. The molecule has 1 aromatic rings. The Labute approximate surface area is 159 Å². The first kappa shape index (κ1) is 20.2. The van der Waals surface area contributed by atoms with E-state index in [1.807, 2.05) is 0 Å². The number of aliphatic imine (C=N–C) groups is 1. The van der Waals surface area contributed by atoms with Gasteiger partial charge in [-0.1, -0.05) is 11.8 Å². The molecule has 0 saturated carbocycles. The van der Waals surface area contributed by atoms with Crippen molar-refractivity contribution in [2.45, 2.75) is 20.8 Å². The van der Waals surface area contributed by atoms with Crippen molar-refractivity contribution in [2.24, 2.45) is 4.99 Å². The number of amidine groups is 1. The smallest absolute Gasteiger partial charge is 0.348 e. The minimum atomic E-state index is -0.582. The van der Waals surface area contributed by atoms with E-state index in [9.17, 15) is 14.4 Å². The maximum absolute atomic E-state index is 12.3. The summed E-state index contributed by atoms with van der Waals surface area (Å²) >= 11 is 2.30. The molecule has 0 radical (unpaired) electrons. The summed E-state index contributed by atoms with van der Waals surface area (Å²) in [5.41, 5.74) is 0.631. The van der Waals surface area contributed by atoms with Gasteiger partial charge in [0.15, 0.2) is 5.17 Å². The van der Waals surface area contributed by atoms with Crippen LogP contribution in [0.15, 0.2) is 4.99 Å². The van der Waals surface area contributed by atoms with E-state index in [1.54, 1.807) is 20.8 Å². The summed E-state index contributed by atoms with van der Waals surface area (Å²) in [4.78, 5) is 41.1.